The molecule has 0 amide bonds. The molecule has 105 valence electrons. The molecule has 0 atom stereocenters. The van der Waals surface area contributed by atoms with Gasteiger partial charge in [0.25, 0.3) is 0 Å². The van der Waals surface area contributed by atoms with Gasteiger partial charge in [0.15, 0.2) is 0 Å². The van der Waals surface area contributed by atoms with Crippen molar-refractivity contribution in [1.29, 1.82) is 0 Å². The van der Waals surface area contributed by atoms with Crippen LogP contribution in [0.15, 0.2) is 18.2 Å². The summed E-state index contributed by atoms with van der Waals surface area (Å²) < 4.78 is 0. The summed E-state index contributed by atoms with van der Waals surface area (Å²) in [6.45, 7) is 11.0. The maximum atomic E-state index is 6.58. The number of hydrogen-bond acceptors (Lipinski definition) is 0. The molecule has 0 saturated heterocycles. The van der Waals surface area contributed by atoms with Crippen LogP contribution in [0.3, 0.4) is 0 Å². The molecule has 1 radical (unpaired) electrons. The fourth-order valence-corrected chi connectivity index (χ4v) is 0.340. The van der Waals surface area contributed by atoms with Crippen LogP contribution in [0.1, 0.15) is 48.0 Å². The fourth-order valence-electron chi connectivity index (χ4n) is 0.340. The van der Waals surface area contributed by atoms with Gasteiger partial charge in [0.1, 0.15) is 0 Å². The second-order valence-corrected chi connectivity index (χ2v) is 4.47. The third kappa shape index (κ3) is 146. The van der Waals surface area contributed by atoms with Crippen molar-refractivity contribution in [2.24, 2.45) is 0 Å². The standard InChI is InChI=1S/C5H5.3C3H8N.V/c1-2-4-5-3-1;3*1-3(2)4;/h1-3H,4H2;3*3-4H,1-2H3;/q4*-1;+4. The van der Waals surface area contributed by atoms with Crippen molar-refractivity contribution in [3.8, 4) is 0 Å². The van der Waals surface area contributed by atoms with Crippen LogP contribution in [-0.4, -0.2) is 18.1 Å². The smallest absolute Gasteiger partial charge is 0.675 e. The summed E-state index contributed by atoms with van der Waals surface area (Å²) in [5.41, 5.74) is 19.8. The van der Waals surface area contributed by atoms with E-state index in [-0.39, 0.29) is 36.7 Å². The molecular formula is C14H29N3V. The first-order chi connectivity index (χ1) is 7.70. The van der Waals surface area contributed by atoms with Crippen molar-refractivity contribution in [1.82, 2.24) is 0 Å². The maximum absolute atomic E-state index is 6.58. The molecule has 3 N–H and O–H groups in total. The van der Waals surface area contributed by atoms with Gasteiger partial charge in [-0.2, -0.15) is 6.08 Å². The van der Waals surface area contributed by atoms with E-state index in [0.29, 0.717) is 0 Å². The van der Waals surface area contributed by atoms with Crippen molar-refractivity contribution in [2.45, 2.75) is 66.1 Å². The molecule has 0 bridgehead atoms. The molecule has 0 spiro atoms. The normalized spacial score (nSPS) is 10.9. The van der Waals surface area contributed by atoms with Gasteiger partial charge in [0.05, 0.1) is 0 Å². The first-order valence-corrected chi connectivity index (χ1v) is 6.05. The zero-order chi connectivity index (χ0) is 14.3. The minimum Gasteiger partial charge on any atom is -0.675 e. The average molecular weight is 290 g/mol. The molecule has 3 nitrogen and oxygen atoms in total. The van der Waals surface area contributed by atoms with Crippen LogP contribution in [0.2, 0.25) is 0 Å². The number of allylic oxidation sites excluding steroid dienone is 4. The van der Waals surface area contributed by atoms with Crippen molar-refractivity contribution < 1.29 is 18.6 Å². The van der Waals surface area contributed by atoms with Gasteiger partial charge >= 0.3 is 18.6 Å². The zero-order valence-electron chi connectivity index (χ0n) is 12.6. The second kappa shape index (κ2) is 22.2. The maximum Gasteiger partial charge on any atom is 4.00 e. The topological polar surface area (TPSA) is 71.4 Å². The zero-order valence-corrected chi connectivity index (χ0v) is 14.0. The van der Waals surface area contributed by atoms with Crippen LogP contribution < -0.4 is 0 Å². The van der Waals surface area contributed by atoms with Crippen LogP contribution >= 0.6 is 0 Å². The molecule has 0 unspecified atom stereocenters. The quantitative estimate of drug-likeness (QED) is 0.517. The Balaban J connectivity index is -0.0000000719. The Bertz CT molecular complexity index is 143. The van der Waals surface area contributed by atoms with Crippen molar-refractivity contribution in [2.75, 3.05) is 0 Å². The van der Waals surface area contributed by atoms with E-state index in [1.807, 2.05) is 53.7 Å². The van der Waals surface area contributed by atoms with Gasteiger partial charge in [-0.15, -0.1) is 24.5 Å². The molecule has 1 aliphatic rings. The van der Waals surface area contributed by atoms with Gasteiger partial charge in [0.2, 0.25) is 0 Å². The predicted molar refractivity (Wildman–Crippen MR) is 79.9 cm³/mol. The monoisotopic (exact) mass is 290 g/mol. The summed E-state index contributed by atoms with van der Waals surface area (Å²) in [5.74, 6) is 0. The summed E-state index contributed by atoms with van der Waals surface area (Å²) in [5, 5.41) is 0. The molecule has 0 aromatic heterocycles. The van der Waals surface area contributed by atoms with E-state index in [1.165, 1.54) is 0 Å². The molecule has 0 fully saturated rings. The van der Waals surface area contributed by atoms with E-state index in [2.05, 4.69) is 12.2 Å². The second-order valence-electron chi connectivity index (χ2n) is 4.47. The minimum atomic E-state index is 0. The minimum absolute atomic E-state index is 0. The Morgan fingerprint density at radius 1 is 0.833 bits per heavy atom. The van der Waals surface area contributed by atoms with Gasteiger partial charge in [-0.25, -0.2) is 12.2 Å². The van der Waals surface area contributed by atoms with Crippen molar-refractivity contribution >= 4 is 0 Å². The Labute approximate surface area is 126 Å². The van der Waals surface area contributed by atoms with E-state index >= 15 is 0 Å². The Morgan fingerprint density at radius 3 is 1.17 bits per heavy atom. The van der Waals surface area contributed by atoms with E-state index in [4.69, 9.17) is 17.2 Å². The predicted octanol–water partition coefficient (Wildman–Crippen LogP) is 5.64. The summed E-state index contributed by atoms with van der Waals surface area (Å²) >= 11 is 0. The first kappa shape index (κ1) is 26.5. The van der Waals surface area contributed by atoms with E-state index in [1.54, 1.807) is 0 Å². The molecule has 4 heteroatoms. The Kier molecular flexibility index (Phi) is 32.6. The van der Waals surface area contributed by atoms with Crippen molar-refractivity contribution in [3.05, 3.63) is 41.5 Å². The van der Waals surface area contributed by atoms with E-state index in [0.717, 1.165) is 6.42 Å². The number of nitrogens with one attached hydrogen (secondary N) is 3. The molecule has 0 aromatic rings. The molecular weight excluding hydrogens is 261 g/mol. The van der Waals surface area contributed by atoms with E-state index in [9.17, 15) is 0 Å². The Morgan fingerprint density at radius 2 is 1.11 bits per heavy atom. The SMILES string of the molecule is CC(C)[NH-].CC(C)[NH-].CC(C)[NH-].[C-]1=CC=CC1.[V+4]. The summed E-state index contributed by atoms with van der Waals surface area (Å²) in [6.07, 6.45) is 10.0. The van der Waals surface area contributed by atoms with Crippen LogP contribution in [0.25, 0.3) is 17.2 Å². The molecule has 18 heavy (non-hydrogen) atoms. The van der Waals surface area contributed by atoms with Crippen LogP contribution in [0.4, 0.5) is 0 Å². The molecule has 0 aliphatic heterocycles. The Hall–Kier alpha value is -0.0556. The first-order valence-electron chi connectivity index (χ1n) is 6.05. The van der Waals surface area contributed by atoms with Gasteiger partial charge < -0.3 is 17.2 Å². The van der Waals surface area contributed by atoms with Gasteiger partial charge in [0, 0.05) is 0 Å². The summed E-state index contributed by atoms with van der Waals surface area (Å²) in [6, 6.07) is 0.250. The molecule has 0 saturated carbocycles. The largest absolute Gasteiger partial charge is 4.00 e. The van der Waals surface area contributed by atoms with Crippen LogP contribution in [0, 0.1) is 6.08 Å². The van der Waals surface area contributed by atoms with Crippen LogP contribution in [-0.2, 0) is 18.6 Å². The summed E-state index contributed by atoms with van der Waals surface area (Å²) in [4.78, 5) is 0. The molecule has 0 heterocycles. The van der Waals surface area contributed by atoms with E-state index < -0.39 is 0 Å². The van der Waals surface area contributed by atoms with Crippen molar-refractivity contribution in [3.63, 3.8) is 0 Å². The van der Waals surface area contributed by atoms with Gasteiger partial charge in [-0.05, 0) is 0 Å². The molecule has 0 aromatic carbocycles. The third-order valence-corrected chi connectivity index (χ3v) is 0.586. The fraction of sp³-hybridized carbons (Fsp3) is 0.714. The number of hydrogen-bond donors (Lipinski definition) is 0. The van der Waals surface area contributed by atoms with Crippen LogP contribution in [0.5, 0.6) is 0 Å². The third-order valence-electron chi connectivity index (χ3n) is 0.586. The average Bonchev–Trinajstić information content (AvgIpc) is 2.53. The molecule has 1 aliphatic carbocycles. The van der Waals surface area contributed by atoms with Gasteiger partial charge in [-0.1, -0.05) is 41.5 Å². The van der Waals surface area contributed by atoms with Gasteiger partial charge in [-0.3, -0.25) is 6.08 Å². The number of rotatable bonds is 0. The summed E-state index contributed by atoms with van der Waals surface area (Å²) in [7, 11) is 0. The molecule has 1 rings (SSSR count).